The van der Waals surface area contributed by atoms with E-state index < -0.39 is 35.6 Å². The van der Waals surface area contributed by atoms with Crippen LogP contribution in [0.5, 0.6) is 0 Å². The normalized spacial score (nSPS) is 11.7. The lowest BCUT2D eigenvalue weighted by molar-refractivity contribution is -0.138. The zero-order valence-electron chi connectivity index (χ0n) is 12.0. The third-order valence-corrected chi connectivity index (χ3v) is 2.90. The molecule has 1 aromatic carbocycles. The Morgan fingerprint density at radius 2 is 1.83 bits per heavy atom. The molecule has 24 heavy (non-hydrogen) atoms. The van der Waals surface area contributed by atoms with E-state index in [0.717, 1.165) is 6.07 Å². The summed E-state index contributed by atoms with van der Waals surface area (Å²) in [6, 6.07) is 6.61. The Bertz CT molecular complexity index is 811. The summed E-state index contributed by atoms with van der Waals surface area (Å²) in [6.45, 7) is -0.622. The van der Waals surface area contributed by atoms with Crippen molar-refractivity contribution in [1.29, 1.82) is 0 Å². The molecule has 0 spiro atoms. The van der Waals surface area contributed by atoms with Gasteiger partial charge in [-0.05, 0) is 23.8 Å². The summed E-state index contributed by atoms with van der Waals surface area (Å²) in [5.74, 6) is -1.21. The molecule has 1 aromatic heterocycles. The van der Waals surface area contributed by atoms with Gasteiger partial charge in [0, 0.05) is 12.3 Å². The lowest BCUT2D eigenvalue weighted by atomic mass is 10.2. The quantitative estimate of drug-likeness (QED) is 0.526. The number of rotatable bonds is 4. The molecule has 0 radical (unpaired) electrons. The number of hydrazone groups is 1. The molecule has 2 rings (SSSR count). The third kappa shape index (κ3) is 4.77. The van der Waals surface area contributed by atoms with Crippen molar-refractivity contribution in [3.63, 3.8) is 0 Å². The molecular weight excluding hydrogens is 330 g/mol. The van der Waals surface area contributed by atoms with Crippen molar-refractivity contribution in [2.24, 2.45) is 5.10 Å². The number of pyridine rings is 1. The van der Waals surface area contributed by atoms with Gasteiger partial charge in [-0.25, -0.2) is 9.82 Å². The first kappa shape index (κ1) is 17.4. The Kier molecular flexibility index (Phi) is 5.12. The molecule has 0 saturated heterocycles. The first-order chi connectivity index (χ1) is 11.3. The predicted molar refractivity (Wildman–Crippen MR) is 77.8 cm³/mol. The van der Waals surface area contributed by atoms with E-state index in [0.29, 0.717) is 22.4 Å². The van der Waals surface area contributed by atoms with E-state index in [-0.39, 0.29) is 0 Å². The molecule has 0 aliphatic heterocycles. The van der Waals surface area contributed by atoms with Crippen molar-refractivity contribution in [2.45, 2.75) is 12.7 Å². The van der Waals surface area contributed by atoms with Crippen molar-refractivity contribution in [2.75, 3.05) is 0 Å². The van der Waals surface area contributed by atoms with Crippen LogP contribution >= 0.6 is 0 Å². The molecule has 126 valence electrons. The number of nitrogens with one attached hydrogen (secondary N) is 1. The van der Waals surface area contributed by atoms with Gasteiger partial charge in [0.05, 0.1) is 11.8 Å². The van der Waals surface area contributed by atoms with Gasteiger partial charge in [0.1, 0.15) is 12.4 Å². The van der Waals surface area contributed by atoms with E-state index >= 15 is 0 Å². The third-order valence-electron chi connectivity index (χ3n) is 2.90. The van der Waals surface area contributed by atoms with Gasteiger partial charge in [-0.2, -0.15) is 18.3 Å². The van der Waals surface area contributed by atoms with Crippen molar-refractivity contribution in [3.05, 3.63) is 69.9 Å². The number of amides is 1. The van der Waals surface area contributed by atoms with E-state index in [9.17, 15) is 27.2 Å². The highest BCUT2D eigenvalue weighted by Crippen LogP contribution is 2.27. The molecular formula is C15H11F4N3O2. The molecule has 5 nitrogen and oxygen atoms in total. The van der Waals surface area contributed by atoms with Crippen LogP contribution < -0.4 is 11.0 Å². The monoisotopic (exact) mass is 341 g/mol. The van der Waals surface area contributed by atoms with Gasteiger partial charge in [-0.1, -0.05) is 12.1 Å². The number of hydrogen-bond acceptors (Lipinski definition) is 3. The minimum Gasteiger partial charge on any atom is -0.305 e. The highest BCUT2D eigenvalue weighted by atomic mass is 19.4. The second kappa shape index (κ2) is 7.07. The Hall–Kier alpha value is -2.97. The molecule has 0 saturated carbocycles. The predicted octanol–water partition coefficient (Wildman–Crippen LogP) is 2.16. The first-order valence-electron chi connectivity index (χ1n) is 6.61. The lowest BCUT2D eigenvalue weighted by Gasteiger charge is -2.09. The molecule has 9 heteroatoms. The van der Waals surface area contributed by atoms with Crippen LogP contribution in [-0.4, -0.2) is 16.7 Å². The molecule has 0 aliphatic carbocycles. The van der Waals surface area contributed by atoms with Gasteiger partial charge < -0.3 is 4.57 Å². The summed E-state index contributed by atoms with van der Waals surface area (Å²) >= 11 is 0. The minimum atomic E-state index is -4.62. The molecule has 1 heterocycles. The van der Waals surface area contributed by atoms with E-state index in [1.807, 2.05) is 0 Å². The summed E-state index contributed by atoms with van der Waals surface area (Å²) in [7, 11) is 0. The minimum absolute atomic E-state index is 0.430. The van der Waals surface area contributed by atoms with Crippen molar-refractivity contribution < 1.29 is 22.4 Å². The second-order valence-corrected chi connectivity index (χ2v) is 4.73. The smallest absolute Gasteiger partial charge is 0.305 e. The largest absolute Gasteiger partial charge is 0.417 e. The van der Waals surface area contributed by atoms with Gasteiger partial charge in [0.15, 0.2) is 0 Å². The van der Waals surface area contributed by atoms with E-state index in [4.69, 9.17) is 0 Å². The Labute approximate surface area is 133 Å². The average molecular weight is 341 g/mol. The zero-order valence-corrected chi connectivity index (χ0v) is 12.0. The summed E-state index contributed by atoms with van der Waals surface area (Å²) in [5.41, 5.74) is 0.796. The molecule has 0 aliphatic rings. The highest BCUT2D eigenvalue weighted by molar-refractivity contribution is 5.82. The summed E-state index contributed by atoms with van der Waals surface area (Å²) in [4.78, 5) is 23.1. The van der Waals surface area contributed by atoms with Gasteiger partial charge in [-0.3, -0.25) is 9.59 Å². The van der Waals surface area contributed by atoms with Crippen molar-refractivity contribution in [1.82, 2.24) is 9.99 Å². The standard InChI is InChI=1S/C15H11F4N3O2/c16-12-4-1-10(2-5-12)7-20-21-13(23)9-22-8-11(15(17,18)19)3-6-14(22)24/h1-8H,9H2,(H,21,23)/b20-7-. The summed E-state index contributed by atoms with van der Waals surface area (Å²) in [6.07, 6.45) is -2.83. The van der Waals surface area contributed by atoms with Crippen LogP contribution in [0.2, 0.25) is 0 Å². The fourth-order valence-electron chi connectivity index (χ4n) is 1.74. The van der Waals surface area contributed by atoms with Crippen molar-refractivity contribution in [3.8, 4) is 0 Å². The number of carbonyl (C=O) groups is 1. The molecule has 1 amide bonds. The topological polar surface area (TPSA) is 63.5 Å². The second-order valence-electron chi connectivity index (χ2n) is 4.73. The molecule has 2 aromatic rings. The number of carbonyl (C=O) groups excluding carboxylic acids is 1. The van der Waals surface area contributed by atoms with Crippen molar-refractivity contribution >= 4 is 12.1 Å². The van der Waals surface area contributed by atoms with Crippen LogP contribution in [-0.2, 0) is 17.5 Å². The van der Waals surface area contributed by atoms with Crippen LogP contribution in [0.4, 0.5) is 17.6 Å². The molecule has 0 bridgehead atoms. The fraction of sp³-hybridized carbons (Fsp3) is 0.133. The number of hydrogen-bond donors (Lipinski definition) is 1. The van der Waals surface area contributed by atoms with Gasteiger partial charge in [0.2, 0.25) is 0 Å². The molecule has 0 atom stereocenters. The van der Waals surface area contributed by atoms with Crippen LogP contribution in [0.1, 0.15) is 11.1 Å². The first-order valence-corrected chi connectivity index (χ1v) is 6.61. The van der Waals surface area contributed by atoms with Gasteiger partial charge in [-0.15, -0.1) is 0 Å². The summed E-state index contributed by atoms with van der Waals surface area (Å²) < 4.78 is 51.1. The number of alkyl halides is 3. The lowest BCUT2D eigenvalue weighted by Crippen LogP contribution is -2.30. The summed E-state index contributed by atoms with van der Waals surface area (Å²) in [5, 5.41) is 3.58. The number of nitrogens with zero attached hydrogens (tertiary/aromatic N) is 2. The Balaban J connectivity index is 2.02. The number of aromatic nitrogens is 1. The maximum atomic E-state index is 12.7. The average Bonchev–Trinajstić information content (AvgIpc) is 2.50. The maximum Gasteiger partial charge on any atom is 0.417 e. The SMILES string of the molecule is O=C(Cn1cc(C(F)(F)F)ccc1=O)N/N=C\c1ccc(F)cc1. The Morgan fingerprint density at radius 3 is 2.46 bits per heavy atom. The van der Waals surface area contributed by atoms with E-state index in [1.165, 1.54) is 30.5 Å². The van der Waals surface area contributed by atoms with E-state index in [2.05, 4.69) is 10.5 Å². The van der Waals surface area contributed by atoms with Crippen LogP contribution in [0.15, 0.2) is 52.5 Å². The zero-order chi connectivity index (χ0) is 17.7. The van der Waals surface area contributed by atoms with E-state index in [1.54, 1.807) is 0 Å². The van der Waals surface area contributed by atoms with Crippen LogP contribution in [0, 0.1) is 5.82 Å². The van der Waals surface area contributed by atoms with Gasteiger partial charge in [0.25, 0.3) is 11.5 Å². The highest BCUT2D eigenvalue weighted by Gasteiger charge is 2.31. The number of halogens is 4. The van der Waals surface area contributed by atoms with Crippen LogP contribution in [0.25, 0.3) is 0 Å². The fourth-order valence-corrected chi connectivity index (χ4v) is 1.74. The molecule has 1 N–H and O–H groups in total. The molecule has 0 fully saturated rings. The van der Waals surface area contributed by atoms with Crippen LogP contribution in [0.3, 0.4) is 0 Å². The number of benzene rings is 1. The maximum absolute atomic E-state index is 12.7. The molecule has 0 unspecified atom stereocenters. The van der Waals surface area contributed by atoms with Gasteiger partial charge >= 0.3 is 6.18 Å². The Morgan fingerprint density at radius 1 is 1.17 bits per heavy atom.